The van der Waals surface area contributed by atoms with Crippen LogP contribution in [-0.4, -0.2) is 46.7 Å². The lowest BCUT2D eigenvalue weighted by atomic mass is 10.1. The molecule has 0 saturated heterocycles. The van der Waals surface area contributed by atoms with Crippen molar-refractivity contribution in [3.63, 3.8) is 0 Å². The molecule has 12 heteroatoms. The minimum absolute atomic E-state index is 0.00242. The summed E-state index contributed by atoms with van der Waals surface area (Å²) in [4.78, 5) is 31.6. The van der Waals surface area contributed by atoms with E-state index >= 15 is 0 Å². The Bertz CT molecular complexity index is 1750. The largest absolute Gasteiger partial charge is 0.453 e. The molecular formula is C31H30FN5O5S. The summed E-state index contributed by atoms with van der Waals surface area (Å²) in [6.45, 7) is 6.17. The molecule has 0 spiro atoms. The smallest absolute Gasteiger partial charge is 0.324 e. The predicted molar refractivity (Wildman–Crippen MR) is 163 cm³/mol. The number of hydrogen-bond acceptors (Lipinski definition) is 8. The second-order valence-electron chi connectivity index (χ2n) is 9.93. The van der Waals surface area contributed by atoms with Crippen molar-refractivity contribution in [2.45, 2.75) is 33.4 Å². The molecule has 3 aromatic heterocycles. The Morgan fingerprint density at radius 1 is 1.07 bits per heavy atom. The molecule has 0 aliphatic rings. The first kappa shape index (κ1) is 29.7. The Kier molecular flexibility index (Phi) is 8.98. The summed E-state index contributed by atoms with van der Waals surface area (Å²) in [6, 6.07) is 16.7. The number of rotatable bonds is 10. The van der Waals surface area contributed by atoms with Crippen molar-refractivity contribution >= 4 is 45.0 Å². The van der Waals surface area contributed by atoms with Crippen molar-refractivity contribution in [2.75, 3.05) is 24.4 Å². The minimum Gasteiger partial charge on any atom is -0.453 e. The van der Waals surface area contributed by atoms with Crippen molar-refractivity contribution < 1.29 is 28.0 Å². The monoisotopic (exact) mass is 603 g/mol. The molecule has 43 heavy (non-hydrogen) atoms. The fraction of sp³-hybridized carbons (Fsp3) is 0.226. The number of amides is 3. The number of methoxy groups -OCH3 is 1. The number of thiophene rings is 1. The highest BCUT2D eigenvalue weighted by atomic mass is 32.1. The van der Waals surface area contributed by atoms with E-state index in [0.717, 1.165) is 26.2 Å². The maximum Gasteiger partial charge on any atom is 0.324 e. The van der Waals surface area contributed by atoms with Gasteiger partial charge in [-0.1, -0.05) is 29.4 Å². The molecule has 0 unspecified atom stereocenters. The third kappa shape index (κ3) is 7.16. The fourth-order valence-electron chi connectivity index (χ4n) is 4.50. The van der Waals surface area contributed by atoms with Crippen LogP contribution in [0.3, 0.4) is 0 Å². The second-order valence-corrected chi connectivity index (χ2v) is 11.0. The summed E-state index contributed by atoms with van der Waals surface area (Å²) in [5.74, 6) is 0.596. The molecule has 5 aromatic rings. The fourth-order valence-corrected chi connectivity index (χ4v) is 5.57. The van der Waals surface area contributed by atoms with E-state index in [1.807, 2.05) is 37.3 Å². The van der Waals surface area contributed by atoms with E-state index < -0.39 is 11.8 Å². The number of aromatic nitrogens is 2. The van der Waals surface area contributed by atoms with Crippen LogP contribution >= 0.6 is 11.3 Å². The summed E-state index contributed by atoms with van der Waals surface area (Å²) >= 11 is 1.48. The maximum atomic E-state index is 15.0. The molecule has 3 heterocycles. The lowest BCUT2D eigenvalue weighted by Crippen LogP contribution is -2.39. The lowest BCUT2D eigenvalue weighted by molar-refractivity contribution is -0.132. The SMILES string of the molecule is COC[C@H](C)N(Cc1ccc(-c2cc3nccc(Oc4ccc(NC(=O)Nc5cc(C)on5)cc4F)c3s2)cc1)C(C)=O. The molecule has 222 valence electrons. The van der Waals surface area contributed by atoms with Gasteiger partial charge in [-0.05, 0) is 43.2 Å². The van der Waals surface area contributed by atoms with Crippen LogP contribution in [0.15, 0.2) is 71.4 Å². The molecule has 10 nitrogen and oxygen atoms in total. The summed E-state index contributed by atoms with van der Waals surface area (Å²) in [5.41, 5.74) is 2.95. The highest BCUT2D eigenvalue weighted by Crippen LogP contribution is 2.40. The van der Waals surface area contributed by atoms with E-state index in [2.05, 4.69) is 20.8 Å². The molecule has 5 rings (SSSR count). The molecule has 2 N–H and O–H groups in total. The van der Waals surface area contributed by atoms with Gasteiger partial charge in [0.1, 0.15) is 11.5 Å². The van der Waals surface area contributed by atoms with Gasteiger partial charge in [0.2, 0.25) is 5.91 Å². The number of nitrogens with one attached hydrogen (secondary N) is 2. The summed E-state index contributed by atoms with van der Waals surface area (Å²) in [7, 11) is 1.62. The van der Waals surface area contributed by atoms with Crippen molar-refractivity contribution in [1.29, 1.82) is 0 Å². The van der Waals surface area contributed by atoms with Crippen molar-refractivity contribution in [2.24, 2.45) is 0 Å². The highest BCUT2D eigenvalue weighted by molar-refractivity contribution is 7.22. The average Bonchev–Trinajstić information content (AvgIpc) is 3.59. The van der Waals surface area contributed by atoms with E-state index in [0.29, 0.717) is 24.7 Å². The standard InChI is InChI=1S/C31H30FN5O5S/c1-18(17-40-4)37(20(3)38)16-21-5-7-22(8-6-21)28-15-25-30(43-28)27(11-12-33-25)41-26-10-9-23(14-24(26)32)34-31(39)35-29-13-19(2)42-36-29/h5-15,18H,16-17H2,1-4H3,(H2,34,35,36,39)/t18-/m0/s1. The molecule has 0 bridgehead atoms. The molecule has 0 saturated carbocycles. The number of benzene rings is 2. The van der Waals surface area contributed by atoms with Gasteiger partial charge in [-0.3, -0.25) is 15.1 Å². The molecule has 0 aliphatic heterocycles. The summed E-state index contributed by atoms with van der Waals surface area (Å²) in [6.07, 6.45) is 1.61. The number of halogens is 1. The van der Waals surface area contributed by atoms with Crippen LogP contribution in [0, 0.1) is 12.7 Å². The number of urea groups is 1. The molecule has 0 radical (unpaired) electrons. The van der Waals surface area contributed by atoms with E-state index in [1.54, 1.807) is 44.2 Å². The number of anilines is 2. The zero-order valence-corrected chi connectivity index (χ0v) is 24.8. The zero-order valence-electron chi connectivity index (χ0n) is 24.0. The number of carbonyl (C=O) groups is 2. The number of nitrogens with zero attached hydrogens (tertiary/aromatic N) is 3. The van der Waals surface area contributed by atoms with Crippen LogP contribution in [0.4, 0.5) is 20.7 Å². The van der Waals surface area contributed by atoms with Crippen molar-refractivity contribution in [1.82, 2.24) is 15.0 Å². The van der Waals surface area contributed by atoms with Crippen molar-refractivity contribution in [3.8, 4) is 21.9 Å². The number of pyridine rings is 1. The van der Waals surface area contributed by atoms with E-state index in [4.69, 9.17) is 14.0 Å². The van der Waals surface area contributed by atoms with Crippen LogP contribution in [0.5, 0.6) is 11.5 Å². The van der Waals surface area contributed by atoms with Crippen LogP contribution in [0.2, 0.25) is 0 Å². The lowest BCUT2D eigenvalue weighted by Gasteiger charge is -2.27. The van der Waals surface area contributed by atoms with E-state index in [9.17, 15) is 14.0 Å². The minimum atomic E-state index is -0.646. The quantitative estimate of drug-likeness (QED) is 0.173. The van der Waals surface area contributed by atoms with Gasteiger partial charge in [0.15, 0.2) is 17.4 Å². The molecule has 2 aromatic carbocycles. The highest BCUT2D eigenvalue weighted by Gasteiger charge is 2.18. The first-order chi connectivity index (χ1) is 20.7. The number of hydrogen-bond donors (Lipinski definition) is 2. The molecule has 0 fully saturated rings. The normalized spacial score (nSPS) is 11.7. The van der Waals surface area contributed by atoms with Gasteiger partial charge in [0.25, 0.3) is 0 Å². The van der Waals surface area contributed by atoms with Gasteiger partial charge in [-0.15, -0.1) is 11.3 Å². The Morgan fingerprint density at radius 3 is 2.53 bits per heavy atom. The summed E-state index contributed by atoms with van der Waals surface area (Å²) in [5, 5.41) is 8.76. The molecule has 3 amide bonds. The Labute approximate surface area is 251 Å². The first-order valence-corrected chi connectivity index (χ1v) is 14.2. The van der Waals surface area contributed by atoms with Gasteiger partial charge >= 0.3 is 6.03 Å². The van der Waals surface area contributed by atoms with Crippen LogP contribution in [-0.2, 0) is 16.1 Å². The van der Waals surface area contributed by atoms with Gasteiger partial charge in [-0.2, -0.15) is 0 Å². The van der Waals surface area contributed by atoms with Crippen LogP contribution in [0.25, 0.3) is 20.7 Å². The maximum absolute atomic E-state index is 15.0. The molecule has 0 aliphatic carbocycles. The topological polar surface area (TPSA) is 119 Å². The number of carbonyl (C=O) groups excluding carboxylic acids is 2. The summed E-state index contributed by atoms with van der Waals surface area (Å²) < 4.78 is 31.8. The zero-order chi connectivity index (χ0) is 30.5. The second kappa shape index (κ2) is 13.0. The van der Waals surface area contributed by atoms with Gasteiger partial charge in [-0.25, -0.2) is 9.18 Å². The van der Waals surface area contributed by atoms with E-state index in [-0.39, 0.29) is 29.2 Å². The van der Waals surface area contributed by atoms with Gasteiger partial charge in [0.05, 0.1) is 22.9 Å². The van der Waals surface area contributed by atoms with Crippen molar-refractivity contribution in [3.05, 3.63) is 84.0 Å². The third-order valence-electron chi connectivity index (χ3n) is 6.59. The Hall–Kier alpha value is -4.81. The van der Waals surface area contributed by atoms with Gasteiger partial charge in [0, 0.05) is 55.5 Å². The Balaban J connectivity index is 1.29. The third-order valence-corrected chi connectivity index (χ3v) is 7.78. The first-order valence-electron chi connectivity index (χ1n) is 13.4. The average molecular weight is 604 g/mol. The number of ether oxygens (including phenoxy) is 2. The predicted octanol–water partition coefficient (Wildman–Crippen LogP) is 7.22. The molecule has 1 atom stereocenters. The van der Waals surface area contributed by atoms with Crippen LogP contribution in [0.1, 0.15) is 25.2 Å². The van der Waals surface area contributed by atoms with E-state index in [1.165, 1.54) is 29.5 Å². The number of fused-ring (bicyclic) bond motifs is 1. The van der Waals surface area contributed by atoms with Crippen LogP contribution < -0.4 is 15.4 Å². The molecular weight excluding hydrogens is 573 g/mol. The Morgan fingerprint density at radius 2 is 1.86 bits per heavy atom. The number of aryl methyl sites for hydroxylation is 1. The van der Waals surface area contributed by atoms with Gasteiger partial charge < -0.3 is 24.2 Å².